The number of rotatable bonds is 10. The summed E-state index contributed by atoms with van der Waals surface area (Å²) in [4.78, 5) is 48.5. The molecule has 2 aliphatic rings. The Morgan fingerprint density at radius 2 is 0.913 bits per heavy atom. The molecule has 1 saturated carbocycles. The molecule has 2 N–H and O–H groups in total. The normalized spacial score (nSPS) is 14.7. The Hall–Kier alpha value is -10.2. The fourth-order valence-electron chi connectivity index (χ4n) is 11.1. The van der Waals surface area contributed by atoms with Crippen molar-refractivity contribution in [1.82, 2.24) is 24.5 Å². The third-order valence-electron chi connectivity index (χ3n) is 16.2. The molecule has 0 unspecified atom stereocenters. The van der Waals surface area contributed by atoms with Gasteiger partial charge in [0.2, 0.25) is 5.60 Å². The van der Waals surface area contributed by atoms with E-state index in [9.17, 15) is 34.7 Å². The first-order valence-corrected chi connectivity index (χ1v) is 39.3. The molecule has 10 aromatic carbocycles. The molecule has 0 radical (unpaired) electrons. The smallest absolute Gasteiger partial charge is 0.0134 e. The number of benzene rings is 10. The van der Waals surface area contributed by atoms with Crippen LogP contribution < -0.4 is 31.8 Å². The Morgan fingerprint density at radius 1 is 0.534 bits per heavy atom. The van der Waals surface area contributed by atoms with E-state index in [4.69, 9.17) is 40.2 Å². The molecule has 14 rings (SSSR count). The number of aliphatic hydroxyl groups is 2. The average molecular weight is 1600 g/mol. The fraction of sp³-hybridized carbons (Fsp3) is 0.122. The van der Waals surface area contributed by atoms with Crippen LogP contribution in [0.1, 0.15) is 63.4 Å². The number of methoxy groups -OCH3 is 2. The van der Waals surface area contributed by atoms with E-state index in [1.807, 2.05) is 24.3 Å². The van der Waals surface area contributed by atoms with Gasteiger partial charge < -0.3 is 24.6 Å². The zero-order valence-electron chi connectivity index (χ0n) is 55.8. The van der Waals surface area contributed by atoms with E-state index in [0.29, 0.717) is 58.1 Å². The van der Waals surface area contributed by atoms with Crippen LogP contribution in [-0.4, -0.2) is 97.3 Å². The maximum absolute atomic E-state index is 12.2. The number of nitrogens with zero attached hydrogens (tertiary/aromatic N) is 7. The fourth-order valence-corrected chi connectivity index (χ4v) is 16.1. The number of ketones is 1. The first-order chi connectivity index (χ1) is 50.0. The van der Waals surface area contributed by atoms with Gasteiger partial charge in [0.05, 0.1) is 59.9 Å². The summed E-state index contributed by atoms with van der Waals surface area (Å²) in [5.41, 5.74) is 1.41. The van der Waals surface area contributed by atoms with Crippen LogP contribution in [0.15, 0.2) is 271 Å². The zero-order chi connectivity index (χ0) is 73.3. The SMILES string of the molecule is C#C[C@]1(O)CCCC1=O.COC(=O)c1nn(-c2cccc(Br)c2)c2ccc(C#N)cc12.COC(=O)c1nn(-c2cccc(C#C[C@]3(O)CCN(C)C3=O)c2)c2ccc(C#N)cc12.[Cl][Pd][Cl].c1ccc(P(c2ccccc2)c2ccccc2)cc1.c1ccc(P(c2ccccc2)c2ccccc2)cc1. The Balaban J connectivity index is 0.000000154. The standard InChI is InChI=1S/C23H18N4O4.2C18H15P.C16H10BrN3O2.C7H8O2.2ClH.Pd/c1-26-11-10-23(30,22(26)29)9-8-15-4-3-5-17(12-15)27-19-7-6-16(14-24)13-18(19)20(25-27)21(28)31-2;2*1-4-10-16(11-5-1)19(17-12-6-2-7-13-17)18-14-8-3-9-15-18;1-22-16(21)15-13-7-10(9-18)5-6-14(13)20(19-15)12-4-2-3-11(17)8-12;1-2-7(9)5-3-4-6(7)8;;;/h3-7,12-13,30H,10-11H2,1-2H3;2*1-15H;2-8H,1H3;1,9H,3-5H2;2*1H;/q;;;;;;;+2/p-2/t23-;;;;7-;;;/m0...0.../s1. The number of likely N-dealkylation sites (tertiary alicyclic amines) is 1. The number of terminal acetylenes is 1. The van der Waals surface area contributed by atoms with Crippen molar-refractivity contribution in [3.63, 3.8) is 0 Å². The molecule has 2 aromatic heterocycles. The maximum atomic E-state index is 12.2. The van der Waals surface area contributed by atoms with Crippen molar-refractivity contribution in [2.24, 2.45) is 0 Å². The number of ether oxygens (including phenoxy) is 2. The van der Waals surface area contributed by atoms with Crippen LogP contribution in [-0.2, 0) is 35.0 Å². The minimum atomic E-state index is -1.69. The van der Waals surface area contributed by atoms with E-state index in [1.54, 1.807) is 77.1 Å². The van der Waals surface area contributed by atoms with Crippen LogP contribution in [0.25, 0.3) is 33.2 Å². The molecule has 518 valence electrons. The van der Waals surface area contributed by atoms with Gasteiger partial charge in [0, 0.05) is 47.2 Å². The molecule has 0 bridgehead atoms. The van der Waals surface area contributed by atoms with Crippen molar-refractivity contribution < 1.29 is 54.8 Å². The van der Waals surface area contributed by atoms with Gasteiger partial charge in [-0.2, -0.15) is 20.7 Å². The van der Waals surface area contributed by atoms with Crippen molar-refractivity contribution in [3.05, 3.63) is 299 Å². The van der Waals surface area contributed by atoms with Crippen LogP contribution >= 0.6 is 50.8 Å². The topological polar surface area (TPSA) is 214 Å². The first kappa shape index (κ1) is 77.0. The van der Waals surface area contributed by atoms with Gasteiger partial charge in [0.1, 0.15) is 0 Å². The maximum Gasteiger partial charge on any atom is -0.0134 e. The Morgan fingerprint density at radius 3 is 1.22 bits per heavy atom. The molecule has 1 saturated heterocycles. The second-order valence-corrected chi connectivity index (χ2v) is 30.5. The molecule has 3 heterocycles. The van der Waals surface area contributed by atoms with E-state index in [2.05, 4.69) is 238 Å². The second kappa shape index (κ2) is 37.7. The first-order valence-electron chi connectivity index (χ1n) is 31.9. The number of halogens is 3. The molecule has 0 spiro atoms. The molecular formula is C82H66BrCl2N7O8P2Pd. The van der Waals surface area contributed by atoms with Crippen LogP contribution in [0.2, 0.25) is 0 Å². The number of aromatic nitrogens is 4. The molecule has 1 amide bonds. The van der Waals surface area contributed by atoms with Gasteiger partial charge in [-0.3, -0.25) is 9.59 Å². The third kappa shape index (κ3) is 19.7. The Kier molecular flexibility index (Phi) is 28.1. The quantitative estimate of drug-likeness (QED) is 0.0566. The number of esters is 2. The van der Waals surface area contributed by atoms with Gasteiger partial charge in [0.15, 0.2) is 22.8 Å². The molecule has 2 fully saturated rings. The van der Waals surface area contributed by atoms with E-state index >= 15 is 0 Å². The van der Waals surface area contributed by atoms with Gasteiger partial charge in [-0.15, -0.1) is 6.42 Å². The van der Waals surface area contributed by atoms with Crippen LogP contribution in [0, 0.1) is 46.8 Å². The number of carbonyl (C=O) groups is 4. The summed E-state index contributed by atoms with van der Waals surface area (Å²) in [6.45, 7) is 0.449. The summed E-state index contributed by atoms with van der Waals surface area (Å²) < 4.78 is 13.7. The Labute approximate surface area is 625 Å². The summed E-state index contributed by atoms with van der Waals surface area (Å²) in [7, 11) is 12.9. The van der Waals surface area contributed by atoms with Gasteiger partial charge >= 0.3 is 46.9 Å². The number of amides is 1. The molecule has 2 atom stereocenters. The van der Waals surface area contributed by atoms with Crippen molar-refractivity contribution in [2.45, 2.75) is 36.9 Å². The Bertz CT molecular complexity index is 4810. The minimum absolute atomic E-state index is 0.0972. The van der Waals surface area contributed by atoms with Gasteiger partial charge in [-0.1, -0.05) is 228 Å². The molecular weight excluding hydrogens is 1530 g/mol. The predicted octanol–water partition coefficient (Wildman–Crippen LogP) is 13.4. The van der Waals surface area contributed by atoms with Crippen molar-refractivity contribution in [2.75, 3.05) is 27.8 Å². The summed E-state index contributed by atoms with van der Waals surface area (Å²) in [5.74, 6) is 5.90. The largest absolute Gasteiger partial charge is 0.0622 e. The van der Waals surface area contributed by atoms with Crippen LogP contribution in [0.5, 0.6) is 0 Å². The second-order valence-electron chi connectivity index (χ2n) is 22.8. The molecule has 103 heavy (non-hydrogen) atoms. The van der Waals surface area contributed by atoms with Crippen LogP contribution in [0.4, 0.5) is 0 Å². The molecule has 1 aliphatic heterocycles. The number of hydrogen-bond acceptors (Lipinski definition) is 12. The van der Waals surface area contributed by atoms with Crippen molar-refractivity contribution >= 4 is 128 Å². The third-order valence-corrected chi connectivity index (χ3v) is 21.6. The molecule has 15 nitrogen and oxygen atoms in total. The van der Waals surface area contributed by atoms with Crippen LogP contribution in [0.3, 0.4) is 0 Å². The number of hydrogen-bond donors (Lipinski definition) is 2. The minimum Gasteiger partial charge on any atom is -0.0622 e. The van der Waals surface area contributed by atoms with E-state index in [-0.39, 0.29) is 39.5 Å². The summed E-state index contributed by atoms with van der Waals surface area (Å²) in [6.07, 6.45) is 6.78. The van der Waals surface area contributed by atoms with Gasteiger partial charge in [-0.05, 0) is 133 Å². The van der Waals surface area contributed by atoms with Crippen molar-refractivity contribution in [1.29, 1.82) is 10.5 Å². The average Bonchev–Trinajstić information content (AvgIpc) is 1.64. The molecule has 12 aromatic rings. The number of likely N-dealkylation sites (N-methyl/N-ethyl adjacent to an activating group) is 1. The number of nitriles is 2. The number of Topliss-reactive ketones (excluding diaryl/α,β-unsaturated/α-hetero) is 1. The van der Waals surface area contributed by atoms with Crippen molar-refractivity contribution in [3.8, 4) is 47.7 Å². The monoisotopic (exact) mass is 1590 g/mol. The summed E-state index contributed by atoms with van der Waals surface area (Å²) >= 11 is 3.31. The summed E-state index contributed by atoms with van der Waals surface area (Å²) in [5, 5.41) is 56.1. The number of carbonyl (C=O) groups excluding carboxylic acids is 4. The summed E-state index contributed by atoms with van der Waals surface area (Å²) in [6, 6.07) is 93.4. The zero-order valence-corrected chi connectivity index (χ0v) is 62.3. The van der Waals surface area contributed by atoms with E-state index < -0.39 is 44.9 Å². The van der Waals surface area contributed by atoms with E-state index in [0.717, 1.165) is 22.1 Å². The predicted molar refractivity (Wildman–Crippen MR) is 411 cm³/mol. The molecule has 21 heteroatoms. The van der Waals surface area contributed by atoms with Gasteiger partial charge in [0.25, 0.3) is 5.91 Å². The van der Waals surface area contributed by atoms with Gasteiger partial charge in [-0.25, -0.2) is 19.0 Å². The number of fused-ring (bicyclic) bond motifs is 2. The molecule has 1 aliphatic carbocycles. The van der Waals surface area contributed by atoms with E-state index in [1.165, 1.54) is 50.9 Å².